The molecule has 0 heterocycles. The van der Waals surface area contributed by atoms with Gasteiger partial charge >= 0.3 is 0 Å². The average Bonchev–Trinajstić information content (AvgIpc) is 2.17. The first-order valence-corrected chi connectivity index (χ1v) is 3.27. The van der Waals surface area contributed by atoms with Gasteiger partial charge in [-0.1, -0.05) is 6.92 Å². The molecule has 0 saturated heterocycles. The number of hydrogen-bond donors (Lipinski definition) is 2. The van der Waals surface area contributed by atoms with Crippen LogP contribution in [0.2, 0.25) is 0 Å². The van der Waals surface area contributed by atoms with Crippen LogP contribution >= 0.6 is 0 Å². The summed E-state index contributed by atoms with van der Waals surface area (Å²) in [4.78, 5) is 10.7. The molecule has 0 bridgehead atoms. The van der Waals surface area contributed by atoms with Gasteiger partial charge in [-0.15, -0.1) is 0 Å². The molecule has 10 heavy (non-hydrogen) atoms. The normalized spacial score (nSPS) is 32.7. The van der Waals surface area contributed by atoms with Crippen molar-refractivity contribution in [2.24, 2.45) is 0 Å². The van der Waals surface area contributed by atoms with E-state index in [1.54, 1.807) is 0 Å². The number of hydrogen-bond acceptors (Lipinski definition) is 3. The van der Waals surface area contributed by atoms with E-state index in [0.717, 1.165) is 0 Å². The van der Waals surface area contributed by atoms with Gasteiger partial charge in [-0.05, 0) is 18.1 Å². The highest BCUT2D eigenvalue weighted by Crippen LogP contribution is 2.18. The Labute approximate surface area is 59.0 Å². The lowest BCUT2D eigenvalue weighted by molar-refractivity contribution is -0.124. The molecular weight excluding hydrogens is 132 g/mol. The third kappa shape index (κ3) is 0.978. The van der Waals surface area contributed by atoms with E-state index in [1.807, 2.05) is 6.92 Å². The van der Waals surface area contributed by atoms with Crippen LogP contribution in [0.3, 0.4) is 0 Å². The van der Waals surface area contributed by atoms with Crippen LogP contribution in [0.1, 0.15) is 13.3 Å². The van der Waals surface area contributed by atoms with Crippen molar-refractivity contribution in [2.45, 2.75) is 25.6 Å². The van der Waals surface area contributed by atoms with Crippen molar-refractivity contribution in [1.29, 1.82) is 0 Å². The predicted molar refractivity (Wildman–Crippen MR) is 35.4 cm³/mol. The summed E-state index contributed by atoms with van der Waals surface area (Å²) in [6.45, 7) is 1.83. The Balaban J connectivity index is 2.78. The van der Waals surface area contributed by atoms with Crippen LogP contribution in [0.5, 0.6) is 0 Å². The summed E-state index contributed by atoms with van der Waals surface area (Å²) >= 11 is 0. The van der Waals surface area contributed by atoms with Gasteiger partial charge in [0, 0.05) is 0 Å². The molecule has 2 N–H and O–H groups in total. The second-order valence-electron chi connectivity index (χ2n) is 2.36. The summed E-state index contributed by atoms with van der Waals surface area (Å²) in [5.41, 5.74) is 0.623. The highest BCUT2D eigenvalue weighted by atomic mass is 16.3. The summed E-state index contributed by atoms with van der Waals surface area (Å²) in [5.74, 6) is -0.385. The van der Waals surface area contributed by atoms with E-state index >= 15 is 0 Å². The maximum atomic E-state index is 10.7. The second kappa shape index (κ2) is 2.52. The summed E-state index contributed by atoms with van der Waals surface area (Å²) in [6, 6.07) is 0. The van der Waals surface area contributed by atoms with E-state index in [0.29, 0.717) is 12.0 Å². The molecule has 1 aliphatic carbocycles. The van der Waals surface area contributed by atoms with Crippen molar-refractivity contribution in [3.05, 3.63) is 11.6 Å². The summed E-state index contributed by atoms with van der Waals surface area (Å²) in [6.07, 6.45) is -0.244. The van der Waals surface area contributed by atoms with Crippen LogP contribution in [0.4, 0.5) is 0 Å². The lowest BCUT2D eigenvalue weighted by Gasteiger charge is -2.08. The van der Waals surface area contributed by atoms with Crippen LogP contribution in [-0.4, -0.2) is 28.2 Å². The Bertz CT molecular complexity index is 183. The van der Waals surface area contributed by atoms with Gasteiger partial charge in [0.05, 0.1) is 0 Å². The third-order valence-electron chi connectivity index (χ3n) is 1.71. The van der Waals surface area contributed by atoms with Crippen molar-refractivity contribution in [2.75, 3.05) is 0 Å². The highest BCUT2D eigenvalue weighted by Gasteiger charge is 2.31. The molecule has 3 heteroatoms. The van der Waals surface area contributed by atoms with E-state index < -0.39 is 12.2 Å². The first kappa shape index (κ1) is 7.44. The molecule has 3 nitrogen and oxygen atoms in total. The Kier molecular flexibility index (Phi) is 1.87. The Hall–Kier alpha value is -0.670. The van der Waals surface area contributed by atoms with Crippen LogP contribution in [-0.2, 0) is 4.79 Å². The second-order valence-corrected chi connectivity index (χ2v) is 2.36. The lowest BCUT2D eigenvalue weighted by Crippen LogP contribution is -2.27. The smallest absolute Gasteiger partial charge is 0.187 e. The number of rotatable bonds is 1. The maximum absolute atomic E-state index is 10.7. The van der Waals surface area contributed by atoms with E-state index in [-0.39, 0.29) is 5.78 Å². The maximum Gasteiger partial charge on any atom is 0.187 e. The van der Waals surface area contributed by atoms with Crippen molar-refractivity contribution in [3.63, 3.8) is 0 Å². The van der Waals surface area contributed by atoms with Crippen molar-refractivity contribution in [1.82, 2.24) is 0 Å². The van der Waals surface area contributed by atoms with Crippen molar-refractivity contribution in [3.8, 4) is 0 Å². The number of aliphatic hydroxyl groups excluding tert-OH is 2. The van der Waals surface area contributed by atoms with Crippen LogP contribution in [0, 0.1) is 0 Å². The van der Waals surface area contributed by atoms with Crippen LogP contribution in [0.25, 0.3) is 0 Å². The van der Waals surface area contributed by atoms with Gasteiger partial charge in [0.15, 0.2) is 5.78 Å². The Morgan fingerprint density at radius 3 is 2.30 bits per heavy atom. The summed E-state index contributed by atoms with van der Waals surface area (Å²) in [5, 5.41) is 18.0. The fourth-order valence-corrected chi connectivity index (χ4v) is 1.02. The van der Waals surface area contributed by atoms with E-state index in [4.69, 9.17) is 10.2 Å². The molecule has 2 atom stereocenters. The van der Waals surface area contributed by atoms with Gasteiger partial charge in [0.25, 0.3) is 0 Å². The van der Waals surface area contributed by atoms with Gasteiger partial charge in [0.2, 0.25) is 0 Å². The number of carbonyl (C=O) groups is 1. The molecule has 1 rings (SSSR count). The molecule has 0 amide bonds. The minimum absolute atomic E-state index is 0.385. The zero-order chi connectivity index (χ0) is 7.72. The number of aliphatic hydroxyl groups is 2. The lowest BCUT2D eigenvalue weighted by atomic mass is 10.1. The Morgan fingerprint density at radius 2 is 2.10 bits per heavy atom. The fraction of sp³-hybridized carbons (Fsp3) is 0.571. The molecule has 0 saturated carbocycles. The molecule has 0 radical (unpaired) electrons. The van der Waals surface area contributed by atoms with Crippen LogP contribution in [0.15, 0.2) is 11.6 Å². The van der Waals surface area contributed by atoms with Gasteiger partial charge in [-0.3, -0.25) is 4.79 Å². The molecule has 0 aliphatic heterocycles. The van der Waals surface area contributed by atoms with E-state index in [2.05, 4.69) is 0 Å². The zero-order valence-electron chi connectivity index (χ0n) is 5.74. The molecule has 1 aliphatic rings. The van der Waals surface area contributed by atoms with E-state index in [1.165, 1.54) is 6.08 Å². The highest BCUT2D eigenvalue weighted by molar-refractivity contribution is 5.97. The minimum atomic E-state index is -1.21. The quantitative estimate of drug-likeness (QED) is 0.525. The topological polar surface area (TPSA) is 57.5 Å². The SMILES string of the molecule is CCC1=CC(=O)C(O)C1O. The number of carbonyl (C=O) groups excluding carboxylic acids is 1. The van der Waals surface area contributed by atoms with Gasteiger partial charge < -0.3 is 10.2 Å². The first-order chi connectivity index (χ1) is 4.66. The molecular formula is C7H10O3. The molecule has 56 valence electrons. The minimum Gasteiger partial charge on any atom is -0.386 e. The molecule has 0 fully saturated rings. The zero-order valence-corrected chi connectivity index (χ0v) is 5.74. The molecule has 0 spiro atoms. The number of ketones is 1. The van der Waals surface area contributed by atoms with Gasteiger partial charge in [0.1, 0.15) is 12.2 Å². The average molecular weight is 142 g/mol. The predicted octanol–water partition coefficient (Wildman–Crippen LogP) is -0.373. The Morgan fingerprint density at radius 1 is 1.50 bits per heavy atom. The molecule has 0 aromatic carbocycles. The monoisotopic (exact) mass is 142 g/mol. The molecule has 2 unspecified atom stereocenters. The van der Waals surface area contributed by atoms with Crippen molar-refractivity contribution < 1.29 is 15.0 Å². The summed E-state index contributed by atoms with van der Waals surface area (Å²) < 4.78 is 0. The van der Waals surface area contributed by atoms with Crippen molar-refractivity contribution >= 4 is 5.78 Å². The third-order valence-corrected chi connectivity index (χ3v) is 1.71. The fourth-order valence-electron chi connectivity index (χ4n) is 1.02. The standard InChI is InChI=1S/C7H10O3/c1-2-4-3-5(8)7(10)6(4)9/h3,6-7,9-10H,2H2,1H3. The van der Waals surface area contributed by atoms with E-state index in [9.17, 15) is 4.79 Å². The van der Waals surface area contributed by atoms with Gasteiger partial charge in [-0.2, -0.15) is 0 Å². The molecule has 0 aromatic rings. The largest absolute Gasteiger partial charge is 0.386 e. The first-order valence-electron chi connectivity index (χ1n) is 3.27. The molecule has 0 aromatic heterocycles. The van der Waals surface area contributed by atoms with Crippen LogP contribution < -0.4 is 0 Å². The summed E-state index contributed by atoms with van der Waals surface area (Å²) in [7, 11) is 0. The van der Waals surface area contributed by atoms with Gasteiger partial charge in [-0.25, -0.2) is 0 Å².